The maximum atomic E-state index is 12.2. The van der Waals surface area contributed by atoms with Crippen LogP contribution in [-0.4, -0.2) is 50.2 Å². The Kier molecular flexibility index (Phi) is 6.22. The van der Waals surface area contributed by atoms with E-state index in [2.05, 4.69) is 22.1 Å². The van der Waals surface area contributed by atoms with Crippen LogP contribution in [0.5, 0.6) is 0 Å². The second-order valence-corrected chi connectivity index (χ2v) is 5.90. The van der Waals surface area contributed by atoms with Gasteiger partial charge in [-0.1, -0.05) is 30.0 Å². The normalized spacial score (nSPS) is 14.4. The molecule has 0 bridgehead atoms. The lowest BCUT2D eigenvalue weighted by atomic mass is 10.1. The van der Waals surface area contributed by atoms with Gasteiger partial charge in [0.15, 0.2) is 0 Å². The molecule has 0 unspecified atom stereocenters. The molecule has 2 aromatic rings. The zero-order chi connectivity index (χ0) is 17.3. The van der Waals surface area contributed by atoms with E-state index in [-0.39, 0.29) is 5.91 Å². The number of carbonyl (C=O) groups is 1. The van der Waals surface area contributed by atoms with Crippen molar-refractivity contribution in [3.63, 3.8) is 0 Å². The Morgan fingerprint density at radius 2 is 1.60 bits per heavy atom. The van der Waals surface area contributed by atoms with Crippen LogP contribution in [0.15, 0.2) is 54.6 Å². The van der Waals surface area contributed by atoms with Gasteiger partial charge in [-0.25, -0.2) is 0 Å². The number of nitrogens with one attached hydrogen (secondary N) is 1. The highest BCUT2D eigenvalue weighted by molar-refractivity contribution is 5.94. The van der Waals surface area contributed by atoms with Gasteiger partial charge in [0, 0.05) is 42.9 Å². The average Bonchev–Trinajstić information content (AvgIpc) is 2.68. The first kappa shape index (κ1) is 17.2. The molecule has 3 rings (SSSR count). The van der Waals surface area contributed by atoms with Crippen LogP contribution in [0, 0.1) is 11.8 Å². The molecule has 1 N–H and O–H groups in total. The molecule has 0 atom stereocenters. The van der Waals surface area contributed by atoms with Gasteiger partial charge < -0.3 is 10.1 Å². The lowest BCUT2D eigenvalue weighted by molar-refractivity contribution is 0.0383. The number of amides is 1. The number of ether oxygens (including phenoxy) is 1. The van der Waals surface area contributed by atoms with Crippen LogP contribution in [-0.2, 0) is 4.74 Å². The number of nitrogens with zero attached hydrogens (tertiary/aromatic N) is 1. The van der Waals surface area contributed by atoms with Crippen LogP contribution in [0.4, 0.5) is 0 Å². The van der Waals surface area contributed by atoms with Crippen molar-refractivity contribution in [3.8, 4) is 11.8 Å². The maximum Gasteiger partial charge on any atom is 0.251 e. The predicted molar refractivity (Wildman–Crippen MR) is 98.5 cm³/mol. The molecule has 4 nitrogen and oxygen atoms in total. The summed E-state index contributed by atoms with van der Waals surface area (Å²) in [6, 6.07) is 17.3. The van der Waals surface area contributed by atoms with E-state index >= 15 is 0 Å². The molecular weight excluding hydrogens is 312 g/mol. The fourth-order valence-electron chi connectivity index (χ4n) is 2.63. The van der Waals surface area contributed by atoms with Gasteiger partial charge in [0.2, 0.25) is 0 Å². The van der Waals surface area contributed by atoms with Crippen LogP contribution in [0.2, 0.25) is 0 Å². The molecule has 0 radical (unpaired) electrons. The highest BCUT2D eigenvalue weighted by Gasteiger charge is 2.10. The number of hydrogen-bond acceptors (Lipinski definition) is 3. The smallest absolute Gasteiger partial charge is 0.251 e. The van der Waals surface area contributed by atoms with Gasteiger partial charge in [0.05, 0.1) is 13.2 Å². The minimum absolute atomic E-state index is 0.0455. The minimum Gasteiger partial charge on any atom is -0.379 e. The summed E-state index contributed by atoms with van der Waals surface area (Å²) in [5.41, 5.74) is 2.54. The van der Waals surface area contributed by atoms with Crippen molar-refractivity contribution in [2.75, 3.05) is 39.4 Å². The van der Waals surface area contributed by atoms with Crippen LogP contribution >= 0.6 is 0 Å². The molecular formula is C21H22N2O2. The lowest BCUT2D eigenvalue weighted by Crippen LogP contribution is -2.41. The third kappa shape index (κ3) is 5.46. The van der Waals surface area contributed by atoms with Crippen LogP contribution in [0.1, 0.15) is 21.5 Å². The lowest BCUT2D eigenvalue weighted by Gasteiger charge is -2.26. The molecule has 0 spiro atoms. The summed E-state index contributed by atoms with van der Waals surface area (Å²) in [6.45, 7) is 4.93. The Morgan fingerprint density at radius 3 is 2.28 bits per heavy atom. The van der Waals surface area contributed by atoms with Crippen molar-refractivity contribution in [1.29, 1.82) is 0 Å². The molecule has 4 heteroatoms. The Hall–Kier alpha value is -2.61. The summed E-state index contributed by atoms with van der Waals surface area (Å²) in [7, 11) is 0. The summed E-state index contributed by atoms with van der Waals surface area (Å²) >= 11 is 0. The summed E-state index contributed by atoms with van der Waals surface area (Å²) < 4.78 is 5.32. The van der Waals surface area contributed by atoms with E-state index in [4.69, 9.17) is 4.74 Å². The quantitative estimate of drug-likeness (QED) is 0.871. The minimum atomic E-state index is -0.0455. The van der Waals surface area contributed by atoms with Crippen molar-refractivity contribution in [2.45, 2.75) is 0 Å². The standard InChI is InChI=1S/C21H22N2O2/c24-21(22-12-13-23-14-16-25-17-15-23)20-10-8-19(9-11-20)7-6-18-4-2-1-3-5-18/h1-5,8-11H,12-17H2,(H,22,24). The molecule has 1 aliphatic heterocycles. The van der Waals surface area contributed by atoms with Gasteiger partial charge in [-0.2, -0.15) is 0 Å². The fraction of sp³-hybridized carbons (Fsp3) is 0.286. The number of rotatable bonds is 4. The molecule has 1 amide bonds. The monoisotopic (exact) mass is 334 g/mol. The zero-order valence-electron chi connectivity index (χ0n) is 14.2. The molecule has 25 heavy (non-hydrogen) atoms. The molecule has 1 saturated heterocycles. The van der Waals surface area contributed by atoms with E-state index in [0.29, 0.717) is 12.1 Å². The second-order valence-electron chi connectivity index (χ2n) is 5.90. The van der Waals surface area contributed by atoms with Crippen LogP contribution in [0.25, 0.3) is 0 Å². The summed E-state index contributed by atoms with van der Waals surface area (Å²) in [5, 5.41) is 2.97. The van der Waals surface area contributed by atoms with E-state index in [9.17, 15) is 4.79 Å². The SMILES string of the molecule is O=C(NCCN1CCOCC1)c1ccc(C#Cc2ccccc2)cc1. The molecule has 0 aliphatic carbocycles. The van der Waals surface area contributed by atoms with E-state index in [0.717, 1.165) is 44.0 Å². The van der Waals surface area contributed by atoms with E-state index in [1.54, 1.807) is 0 Å². The largest absolute Gasteiger partial charge is 0.379 e. The Balaban J connectivity index is 1.49. The first-order chi connectivity index (χ1) is 12.3. The Morgan fingerprint density at radius 1 is 0.960 bits per heavy atom. The predicted octanol–water partition coefficient (Wildman–Crippen LogP) is 2.15. The summed E-state index contributed by atoms with van der Waals surface area (Å²) in [4.78, 5) is 14.5. The summed E-state index contributed by atoms with van der Waals surface area (Å²) in [5.74, 6) is 6.18. The molecule has 1 fully saturated rings. The van der Waals surface area contributed by atoms with E-state index in [1.807, 2.05) is 54.6 Å². The molecule has 0 aromatic heterocycles. The third-order valence-corrected chi connectivity index (χ3v) is 4.09. The zero-order valence-corrected chi connectivity index (χ0v) is 14.2. The van der Waals surface area contributed by atoms with Crippen molar-refractivity contribution >= 4 is 5.91 Å². The average molecular weight is 334 g/mol. The number of morpholine rings is 1. The van der Waals surface area contributed by atoms with Crippen LogP contribution in [0.3, 0.4) is 0 Å². The third-order valence-electron chi connectivity index (χ3n) is 4.09. The van der Waals surface area contributed by atoms with Gasteiger partial charge in [0.1, 0.15) is 0 Å². The summed E-state index contributed by atoms with van der Waals surface area (Å²) in [6.07, 6.45) is 0. The number of carbonyl (C=O) groups excluding carboxylic acids is 1. The van der Waals surface area contributed by atoms with Gasteiger partial charge in [0.25, 0.3) is 5.91 Å². The Labute approximate surface area is 148 Å². The van der Waals surface area contributed by atoms with Crippen molar-refractivity contribution in [2.24, 2.45) is 0 Å². The van der Waals surface area contributed by atoms with E-state index < -0.39 is 0 Å². The van der Waals surface area contributed by atoms with Crippen molar-refractivity contribution < 1.29 is 9.53 Å². The molecule has 2 aromatic carbocycles. The van der Waals surface area contributed by atoms with Crippen LogP contribution < -0.4 is 5.32 Å². The first-order valence-corrected chi connectivity index (χ1v) is 8.57. The molecule has 1 aliphatic rings. The Bertz CT molecular complexity index is 739. The topological polar surface area (TPSA) is 41.6 Å². The highest BCUT2D eigenvalue weighted by Crippen LogP contribution is 2.04. The molecule has 0 saturated carbocycles. The maximum absolute atomic E-state index is 12.2. The van der Waals surface area contributed by atoms with Gasteiger partial charge in [-0.05, 0) is 36.4 Å². The number of benzene rings is 2. The second kappa shape index (κ2) is 9.03. The van der Waals surface area contributed by atoms with E-state index in [1.165, 1.54) is 0 Å². The van der Waals surface area contributed by atoms with Gasteiger partial charge in [-0.15, -0.1) is 0 Å². The number of hydrogen-bond donors (Lipinski definition) is 1. The molecule has 128 valence electrons. The molecule has 1 heterocycles. The highest BCUT2D eigenvalue weighted by atomic mass is 16.5. The first-order valence-electron chi connectivity index (χ1n) is 8.57. The van der Waals surface area contributed by atoms with Gasteiger partial charge in [-0.3, -0.25) is 9.69 Å². The van der Waals surface area contributed by atoms with Gasteiger partial charge >= 0.3 is 0 Å². The fourth-order valence-corrected chi connectivity index (χ4v) is 2.63. The van der Waals surface area contributed by atoms with Crippen molar-refractivity contribution in [3.05, 3.63) is 71.3 Å². The van der Waals surface area contributed by atoms with Crippen molar-refractivity contribution in [1.82, 2.24) is 10.2 Å².